The average Bonchev–Trinajstić information content (AvgIpc) is 3.41. The first-order valence-corrected chi connectivity index (χ1v) is 16.9. The number of rotatable bonds is 9. The van der Waals surface area contributed by atoms with Crippen molar-refractivity contribution in [3.63, 3.8) is 0 Å². The maximum Gasteiger partial charge on any atom is 0.258 e. The molecule has 1 N–H and O–H groups in total. The minimum absolute atomic E-state index is 0.111. The van der Waals surface area contributed by atoms with Gasteiger partial charge in [-0.05, 0) is 53.4 Å². The van der Waals surface area contributed by atoms with Gasteiger partial charge < -0.3 is 14.4 Å². The van der Waals surface area contributed by atoms with E-state index in [1.807, 2.05) is 135 Å². The number of anilines is 1. The highest BCUT2D eigenvalue weighted by molar-refractivity contribution is 7.77. The van der Waals surface area contributed by atoms with Gasteiger partial charge >= 0.3 is 0 Å². The molecule has 0 spiro atoms. The molecule has 1 amide bonds. The van der Waals surface area contributed by atoms with Gasteiger partial charge in [-0.3, -0.25) is 4.79 Å². The van der Waals surface area contributed by atoms with Crippen molar-refractivity contribution in [1.29, 1.82) is 0 Å². The molecule has 0 radical (unpaired) electrons. The molecular weight excluding hydrogens is 578 g/mol. The smallest absolute Gasteiger partial charge is 0.258 e. The fourth-order valence-corrected chi connectivity index (χ4v) is 8.60. The molecule has 0 aliphatic heterocycles. The fraction of sp³-hybridized carbons (Fsp3) is 0.103. The van der Waals surface area contributed by atoms with Crippen LogP contribution >= 0.6 is 7.14 Å². The van der Waals surface area contributed by atoms with E-state index in [9.17, 15) is 9.18 Å². The number of benzene rings is 5. The number of carbonyl (C=O) groups is 1. The highest BCUT2D eigenvalue weighted by Crippen LogP contribution is 2.50. The van der Waals surface area contributed by atoms with Gasteiger partial charge in [0.25, 0.3) is 5.91 Å². The van der Waals surface area contributed by atoms with Crippen LogP contribution in [0.4, 0.5) is 10.1 Å². The molecule has 5 aromatic carbocycles. The van der Waals surface area contributed by atoms with Gasteiger partial charge in [0.2, 0.25) is 0 Å². The summed E-state index contributed by atoms with van der Waals surface area (Å²) in [5, 5.41) is 4.56. The van der Waals surface area contributed by atoms with E-state index < -0.39 is 7.14 Å². The van der Waals surface area contributed by atoms with Crippen molar-refractivity contribution < 1.29 is 13.8 Å². The predicted octanol–water partition coefficient (Wildman–Crippen LogP) is 9.31. The molecule has 0 aliphatic carbocycles. The highest BCUT2D eigenvalue weighted by Gasteiger charge is 2.35. The van der Waals surface area contributed by atoms with Crippen molar-refractivity contribution in [2.75, 3.05) is 5.32 Å². The van der Waals surface area contributed by atoms with Crippen LogP contribution in [-0.2, 0) is 10.9 Å². The molecular formula is C39H34FN2O2P. The monoisotopic (exact) mass is 612 g/mol. The largest absolute Gasteiger partial charge is 0.335 e. The molecule has 1 aromatic heterocycles. The third-order valence-corrected chi connectivity index (χ3v) is 10.9. The maximum absolute atomic E-state index is 15.5. The van der Waals surface area contributed by atoms with Crippen molar-refractivity contribution >= 4 is 29.3 Å². The fourth-order valence-electron chi connectivity index (χ4n) is 5.97. The molecule has 45 heavy (non-hydrogen) atoms. The van der Waals surface area contributed by atoms with E-state index in [1.165, 1.54) is 12.1 Å². The third kappa shape index (κ3) is 6.05. The Labute approximate surface area is 263 Å². The Bertz CT molecular complexity index is 1910. The molecule has 0 unspecified atom stereocenters. The van der Waals surface area contributed by atoms with E-state index in [-0.39, 0.29) is 23.9 Å². The predicted molar refractivity (Wildman–Crippen MR) is 184 cm³/mol. The summed E-state index contributed by atoms with van der Waals surface area (Å²) in [7, 11) is -3.31. The van der Waals surface area contributed by atoms with Crippen LogP contribution in [0.15, 0.2) is 146 Å². The molecule has 1 heterocycles. The summed E-state index contributed by atoms with van der Waals surface area (Å²) in [4.78, 5) is 14.4. The zero-order valence-corrected chi connectivity index (χ0v) is 26.1. The molecule has 0 saturated carbocycles. The quantitative estimate of drug-likeness (QED) is 0.166. The normalized spacial score (nSPS) is 11.5. The summed E-state index contributed by atoms with van der Waals surface area (Å²) in [6, 6.07) is 44.5. The van der Waals surface area contributed by atoms with Gasteiger partial charge in [0, 0.05) is 27.6 Å². The van der Waals surface area contributed by atoms with Crippen LogP contribution < -0.4 is 15.9 Å². The summed E-state index contributed by atoms with van der Waals surface area (Å²) < 4.78 is 31.9. The van der Waals surface area contributed by atoms with E-state index in [0.717, 1.165) is 33.1 Å². The summed E-state index contributed by atoms with van der Waals surface area (Å²) >= 11 is 0. The number of aromatic nitrogens is 1. The number of hydrogen-bond donors (Lipinski definition) is 1. The Hall–Kier alpha value is -4.99. The number of hydrogen-bond acceptors (Lipinski definition) is 2. The lowest BCUT2D eigenvalue weighted by atomic mass is 9.94. The molecule has 0 bridgehead atoms. The number of carbonyl (C=O) groups excluding carboxylic acids is 1. The first-order chi connectivity index (χ1) is 21.9. The second-order valence-corrected chi connectivity index (χ2v) is 14.1. The minimum Gasteiger partial charge on any atom is -0.335 e. The van der Waals surface area contributed by atoms with Crippen molar-refractivity contribution in [2.24, 2.45) is 0 Å². The van der Waals surface area contributed by atoms with Crippen LogP contribution in [-0.4, -0.2) is 10.5 Å². The Morgan fingerprint density at radius 1 is 0.689 bits per heavy atom. The first-order valence-electron chi connectivity index (χ1n) is 15.0. The number of nitrogens with one attached hydrogen (secondary N) is 1. The van der Waals surface area contributed by atoms with Crippen molar-refractivity contribution in [3.05, 3.63) is 163 Å². The van der Waals surface area contributed by atoms with E-state index in [1.54, 1.807) is 12.1 Å². The van der Waals surface area contributed by atoms with Gasteiger partial charge in [0.1, 0.15) is 5.82 Å². The summed E-state index contributed by atoms with van der Waals surface area (Å²) in [6.07, 6.45) is 0.111. The molecule has 0 saturated heterocycles. The van der Waals surface area contributed by atoms with Gasteiger partial charge in [0.05, 0.1) is 17.5 Å². The zero-order valence-electron chi connectivity index (χ0n) is 25.2. The van der Waals surface area contributed by atoms with Crippen LogP contribution in [0.3, 0.4) is 0 Å². The van der Waals surface area contributed by atoms with Gasteiger partial charge in [0.15, 0.2) is 7.14 Å². The summed E-state index contributed by atoms with van der Waals surface area (Å²) in [5.74, 6) is -0.748. The van der Waals surface area contributed by atoms with Gasteiger partial charge in [-0.15, -0.1) is 0 Å². The van der Waals surface area contributed by atoms with E-state index in [4.69, 9.17) is 0 Å². The Morgan fingerprint density at radius 2 is 1.18 bits per heavy atom. The van der Waals surface area contributed by atoms with E-state index in [0.29, 0.717) is 16.8 Å². The van der Waals surface area contributed by atoms with Crippen LogP contribution in [0, 0.1) is 5.82 Å². The first kappa shape index (κ1) is 30.1. The maximum atomic E-state index is 15.5. The second kappa shape index (κ2) is 12.9. The van der Waals surface area contributed by atoms with Gasteiger partial charge in [-0.1, -0.05) is 123 Å². The lowest BCUT2D eigenvalue weighted by molar-refractivity contribution is 0.102. The summed E-state index contributed by atoms with van der Waals surface area (Å²) in [5.41, 5.74) is 4.93. The Kier molecular flexibility index (Phi) is 8.64. The molecule has 0 aliphatic rings. The lowest BCUT2D eigenvalue weighted by Gasteiger charge is -2.25. The van der Waals surface area contributed by atoms with Crippen LogP contribution in [0.1, 0.15) is 35.8 Å². The van der Waals surface area contributed by atoms with Gasteiger partial charge in [-0.2, -0.15) is 0 Å². The number of nitrogens with zero attached hydrogens (tertiary/aromatic N) is 1. The van der Waals surface area contributed by atoms with Crippen molar-refractivity contribution in [3.8, 4) is 22.4 Å². The van der Waals surface area contributed by atoms with Crippen molar-refractivity contribution in [1.82, 2.24) is 4.57 Å². The van der Waals surface area contributed by atoms with Crippen molar-refractivity contribution in [2.45, 2.75) is 26.1 Å². The van der Waals surface area contributed by atoms with Crippen LogP contribution in [0.25, 0.3) is 22.4 Å². The third-order valence-electron chi connectivity index (χ3n) is 7.98. The topological polar surface area (TPSA) is 51.1 Å². The molecule has 4 nitrogen and oxygen atoms in total. The molecule has 6 heteroatoms. The van der Waals surface area contributed by atoms with Gasteiger partial charge in [-0.25, -0.2) is 4.39 Å². The standard InChI is InChI=1S/C39H34FN2O2P/c1-28(2)37-36(39(43)41-32-17-9-4-10-18-32)35(29-15-7-3-8-16-29)38(30-23-25-31(40)26-24-30)42(37)27-45(44,33-19-11-5-12-20-33)34-21-13-6-14-22-34/h3-26,28H,27H2,1-2H3,(H,41,43). The number of halogens is 1. The average molecular weight is 613 g/mol. The molecule has 0 fully saturated rings. The number of amides is 1. The van der Waals surface area contributed by atoms with E-state index in [2.05, 4.69) is 9.88 Å². The van der Waals surface area contributed by atoms with Crippen LogP contribution in [0.5, 0.6) is 0 Å². The second-order valence-electron chi connectivity index (χ2n) is 11.3. The Balaban J connectivity index is 1.70. The van der Waals surface area contributed by atoms with E-state index >= 15 is 4.57 Å². The summed E-state index contributed by atoms with van der Waals surface area (Å²) in [6.45, 7) is 4.09. The lowest BCUT2D eigenvalue weighted by Crippen LogP contribution is -2.22. The zero-order chi connectivity index (χ0) is 31.4. The number of para-hydroxylation sites is 1. The molecule has 6 aromatic rings. The Morgan fingerprint density at radius 3 is 1.69 bits per heavy atom. The minimum atomic E-state index is -3.31. The SMILES string of the molecule is CC(C)c1c(C(=O)Nc2ccccc2)c(-c2ccccc2)c(-c2ccc(F)cc2)n1CP(=O)(c1ccccc1)c1ccccc1. The van der Waals surface area contributed by atoms with Crippen LogP contribution in [0.2, 0.25) is 0 Å². The molecule has 224 valence electrons. The highest BCUT2D eigenvalue weighted by atomic mass is 31.2. The molecule has 0 atom stereocenters. The molecule has 6 rings (SSSR count).